The van der Waals surface area contributed by atoms with Crippen LogP contribution in [0.4, 0.5) is 11.6 Å². The van der Waals surface area contributed by atoms with Crippen molar-refractivity contribution in [1.29, 1.82) is 0 Å². The zero-order chi connectivity index (χ0) is 21.1. The quantitative estimate of drug-likeness (QED) is 0.516. The van der Waals surface area contributed by atoms with Gasteiger partial charge in [0.2, 0.25) is 11.9 Å². The summed E-state index contributed by atoms with van der Waals surface area (Å²) in [6.07, 6.45) is 2.27. The van der Waals surface area contributed by atoms with Crippen molar-refractivity contribution in [2.45, 2.75) is 26.3 Å². The summed E-state index contributed by atoms with van der Waals surface area (Å²) >= 11 is 0. The minimum absolute atomic E-state index is 0.156. The number of amides is 1. The zero-order valence-electron chi connectivity index (χ0n) is 17.3. The molecule has 30 heavy (non-hydrogen) atoms. The molecular formula is C23H24N6O. The Hall–Kier alpha value is -3.74. The summed E-state index contributed by atoms with van der Waals surface area (Å²) in [6, 6.07) is 17.0. The first-order valence-electron chi connectivity index (χ1n) is 9.82. The second kappa shape index (κ2) is 8.32. The van der Waals surface area contributed by atoms with Gasteiger partial charge in [-0.1, -0.05) is 30.3 Å². The Balaban J connectivity index is 1.58. The Morgan fingerprint density at radius 2 is 1.77 bits per heavy atom. The van der Waals surface area contributed by atoms with Crippen molar-refractivity contribution in [3.8, 4) is 0 Å². The number of fused-ring (bicyclic) bond motifs is 1. The number of aromatic nitrogens is 4. The molecule has 0 aliphatic rings. The summed E-state index contributed by atoms with van der Waals surface area (Å²) in [6.45, 7) is 3.82. The predicted octanol–water partition coefficient (Wildman–Crippen LogP) is 3.64. The van der Waals surface area contributed by atoms with E-state index in [1.807, 2.05) is 80.1 Å². The fraction of sp³-hybridized carbons (Fsp3) is 0.217. The number of aryl methyl sites for hydroxylation is 3. The Labute approximate surface area is 175 Å². The minimum Gasteiger partial charge on any atom is -0.342 e. The van der Waals surface area contributed by atoms with Gasteiger partial charge >= 0.3 is 0 Å². The van der Waals surface area contributed by atoms with Gasteiger partial charge in [0.15, 0.2) is 0 Å². The average molecular weight is 400 g/mol. The lowest BCUT2D eigenvalue weighted by Gasteiger charge is -2.19. The highest BCUT2D eigenvalue weighted by Crippen LogP contribution is 2.18. The van der Waals surface area contributed by atoms with Crippen molar-refractivity contribution >= 4 is 28.6 Å². The van der Waals surface area contributed by atoms with E-state index in [-0.39, 0.29) is 5.91 Å². The summed E-state index contributed by atoms with van der Waals surface area (Å²) in [5.74, 6) is 0.292. The van der Waals surface area contributed by atoms with Crippen LogP contribution in [0.3, 0.4) is 0 Å². The van der Waals surface area contributed by atoms with Crippen molar-refractivity contribution in [2.75, 3.05) is 10.6 Å². The van der Waals surface area contributed by atoms with E-state index in [0.717, 1.165) is 28.0 Å². The Bertz CT molecular complexity index is 1160. The normalized spacial score (nSPS) is 12.0. The number of carbonyl (C=O) groups excluding carboxylic acids is 1. The predicted molar refractivity (Wildman–Crippen MR) is 118 cm³/mol. The number of benzene rings is 2. The molecule has 0 bridgehead atoms. The second-order valence-corrected chi connectivity index (χ2v) is 7.41. The van der Waals surface area contributed by atoms with Crippen molar-refractivity contribution in [3.63, 3.8) is 0 Å². The highest BCUT2D eigenvalue weighted by Gasteiger charge is 2.21. The third-order valence-electron chi connectivity index (χ3n) is 4.88. The van der Waals surface area contributed by atoms with Crippen LogP contribution in [0.5, 0.6) is 0 Å². The lowest BCUT2D eigenvalue weighted by Crippen LogP contribution is -2.37. The van der Waals surface area contributed by atoms with E-state index < -0.39 is 6.04 Å². The topological polar surface area (TPSA) is 84.7 Å². The summed E-state index contributed by atoms with van der Waals surface area (Å²) in [5, 5.41) is 6.22. The van der Waals surface area contributed by atoms with Crippen LogP contribution < -0.4 is 10.6 Å². The van der Waals surface area contributed by atoms with Gasteiger partial charge in [-0.05, 0) is 43.7 Å². The van der Waals surface area contributed by atoms with Gasteiger partial charge < -0.3 is 15.2 Å². The van der Waals surface area contributed by atoms with Gasteiger partial charge in [0.25, 0.3) is 0 Å². The van der Waals surface area contributed by atoms with Gasteiger partial charge in [0.1, 0.15) is 6.04 Å². The molecule has 152 valence electrons. The SMILES string of the molecule is Cc1cc(C)nc(N[C@H](Cc2ccccc2)C(=O)Nc2ccc3c(c2)ncn3C)n1. The first kappa shape index (κ1) is 19.6. The van der Waals surface area contributed by atoms with Crippen LogP contribution in [0, 0.1) is 13.8 Å². The largest absolute Gasteiger partial charge is 0.342 e. The molecule has 4 aromatic rings. The third-order valence-corrected chi connectivity index (χ3v) is 4.88. The molecule has 0 radical (unpaired) electrons. The molecule has 0 aliphatic heterocycles. The Morgan fingerprint density at radius 3 is 2.50 bits per heavy atom. The molecule has 0 fully saturated rings. The molecule has 4 rings (SSSR count). The van der Waals surface area contributed by atoms with E-state index in [0.29, 0.717) is 18.1 Å². The molecule has 2 aromatic carbocycles. The summed E-state index contributed by atoms with van der Waals surface area (Å²) < 4.78 is 1.94. The molecule has 0 aliphatic carbocycles. The standard InChI is InChI=1S/C23H24N6O/c1-15-11-16(2)26-23(25-15)28-20(12-17-7-5-4-6-8-17)22(30)27-18-9-10-21-19(13-18)24-14-29(21)3/h4-11,13-14,20H,12H2,1-3H3,(H,27,30)(H,25,26,28)/t20-/m1/s1. The molecule has 7 nitrogen and oxygen atoms in total. The molecule has 0 unspecified atom stereocenters. The number of hydrogen-bond donors (Lipinski definition) is 2. The van der Waals surface area contributed by atoms with Crippen LogP contribution in [-0.2, 0) is 18.3 Å². The molecule has 2 N–H and O–H groups in total. The van der Waals surface area contributed by atoms with Crippen molar-refractivity contribution in [2.24, 2.45) is 7.05 Å². The smallest absolute Gasteiger partial charge is 0.247 e. The van der Waals surface area contributed by atoms with E-state index in [1.165, 1.54) is 0 Å². The van der Waals surface area contributed by atoms with Gasteiger partial charge in [0, 0.05) is 30.5 Å². The number of imidazole rings is 1. The van der Waals surface area contributed by atoms with Gasteiger partial charge in [-0.25, -0.2) is 15.0 Å². The van der Waals surface area contributed by atoms with Crippen LogP contribution >= 0.6 is 0 Å². The third kappa shape index (κ3) is 4.46. The first-order chi connectivity index (χ1) is 14.5. The highest BCUT2D eigenvalue weighted by molar-refractivity contribution is 5.98. The molecule has 2 aromatic heterocycles. The molecular weight excluding hydrogens is 376 g/mol. The maximum absolute atomic E-state index is 13.2. The minimum atomic E-state index is -0.534. The van der Waals surface area contributed by atoms with E-state index in [9.17, 15) is 4.79 Å². The van der Waals surface area contributed by atoms with Crippen molar-refractivity contribution in [1.82, 2.24) is 19.5 Å². The number of hydrogen-bond acceptors (Lipinski definition) is 5. The number of nitrogens with one attached hydrogen (secondary N) is 2. The maximum Gasteiger partial charge on any atom is 0.247 e. The zero-order valence-corrected chi connectivity index (χ0v) is 17.3. The number of rotatable bonds is 6. The fourth-order valence-corrected chi connectivity index (χ4v) is 3.45. The monoisotopic (exact) mass is 400 g/mol. The van der Waals surface area contributed by atoms with Gasteiger partial charge in [0.05, 0.1) is 17.4 Å². The highest BCUT2D eigenvalue weighted by atomic mass is 16.2. The van der Waals surface area contributed by atoms with Crippen LogP contribution in [0.15, 0.2) is 60.9 Å². The lowest BCUT2D eigenvalue weighted by atomic mass is 10.1. The summed E-state index contributed by atoms with van der Waals surface area (Å²) in [5.41, 5.74) is 5.30. The number of anilines is 2. The summed E-state index contributed by atoms with van der Waals surface area (Å²) in [4.78, 5) is 26.4. The second-order valence-electron chi connectivity index (χ2n) is 7.41. The molecule has 0 spiro atoms. The first-order valence-corrected chi connectivity index (χ1v) is 9.82. The van der Waals surface area contributed by atoms with E-state index >= 15 is 0 Å². The fourth-order valence-electron chi connectivity index (χ4n) is 3.45. The maximum atomic E-state index is 13.2. The molecule has 0 saturated heterocycles. The summed E-state index contributed by atoms with van der Waals surface area (Å²) in [7, 11) is 1.94. The lowest BCUT2D eigenvalue weighted by molar-refractivity contribution is -0.116. The molecule has 1 amide bonds. The van der Waals surface area contributed by atoms with E-state index in [1.54, 1.807) is 6.33 Å². The number of nitrogens with zero attached hydrogens (tertiary/aromatic N) is 4. The molecule has 0 saturated carbocycles. The van der Waals surface area contributed by atoms with Gasteiger partial charge in [-0.2, -0.15) is 0 Å². The van der Waals surface area contributed by atoms with Gasteiger partial charge in [-0.15, -0.1) is 0 Å². The molecule has 2 heterocycles. The van der Waals surface area contributed by atoms with E-state index in [2.05, 4.69) is 25.6 Å². The Morgan fingerprint density at radius 1 is 1.03 bits per heavy atom. The van der Waals surface area contributed by atoms with Crippen LogP contribution in [0.25, 0.3) is 11.0 Å². The molecule has 1 atom stereocenters. The van der Waals surface area contributed by atoms with Crippen LogP contribution in [0.2, 0.25) is 0 Å². The molecule has 7 heteroatoms. The average Bonchev–Trinajstić information content (AvgIpc) is 3.08. The van der Waals surface area contributed by atoms with E-state index in [4.69, 9.17) is 0 Å². The number of carbonyl (C=O) groups is 1. The van der Waals surface area contributed by atoms with Crippen LogP contribution in [0.1, 0.15) is 17.0 Å². The van der Waals surface area contributed by atoms with Gasteiger partial charge in [-0.3, -0.25) is 4.79 Å². The van der Waals surface area contributed by atoms with Crippen LogP contribution in [-0.4, -0.2) is 31.5 Å². The van der Waals surface area contributed by atoms with Crippen molar-refractivity contribution in [3.05, 3.63) is 77.9 Å². The van der Waals surface area contributed by atoms with Crippen molar-refractivity contribution < 1.29 is 4.79 Å². The Kier molecular flexibility index (Phi) is 5.43.